The van der Waals surface area contributed by atoms with Gasteiger partial charge in [0, 0.05) is 16.6 Å². The molecule has 0 radical (unpaired) electrons. The summed E-state index contributed by atoms with van der Waals surface area (Å²) >= 11 is 0. The molecule has 2 amide bonds. The zero-order valence-corrected chi connectivity index (χ0v) is 26.6. The quantitative estimate of drug-likeness (QED) is 0.120. The number of hydrogen-bond acceptors (Lipinski definition) is 6. The third-order valence-electron chi connectivity index (χ3n) is 8.07. The molecule has 1 aromatic heterocycles. The number of nitrogens with zero attached hydrogens (tertiary/aromatic N) is 3. The lowest BCUT2D eigenvalue weighted by Crippen LogP contribution is -2.29. The predicted molar refractivity (Wildman–Crippen MR) is 186 cm³/mol. The van der Waals surface area contributed by atoms with Crippen LogP contribution in [0.3, 0.4) is 0 Å². The Morgan fingerprint density at radius 3 is 2.08 bits per heavy atom. The molecule has 0 saturated carbocycles. The summed E-state index contributed by atoms with van der Waals surface area (Å²) < 4.78 is 12.8. The van der Waals surface area contributed by atoms with Crippen LogP contribution in [0.1, 0.15) is 40.7 Å². The number of carbonyl (C=O) groups excluding carboxylic acids is 3. The molecule has 9 heteroatoms. The molecule has 9 nitrogen and oxygen atoms in total. The smallest absolute Gasteiger partial charge is 0.426 e. The van der Waals surface area contributed by atoms with Crippen molar-refractivity contribution < 1.29 is 23.9 Å². The van der Waals surface area contributed by atoms with E-state index < -0.39 is 12.1 Å². The van der Waals surface area contributed by atoms with Crippen molar-refractivity contribution >= 4 is 45.9 Å². The van der Waals surface area contributed by atoms with Crippen LogP contribution < -0.4 is 15.0 Å². The van der Waals surface area contributed by atoms with Gasteiger partial charge >= 0.3 is 12.1 Å². The summed E-state index contributed by atoms with van der Waals surface area (Å²) in [7, 11) is 1.51. The Hall–Kier alpha value is -6.22. The van der Waals surface area contributed by atoms with Gasteiger partial charge in [-0.2, -0.15) is 5.10 Å². The Labute approximate surface area is 278 Å². The molecule has 1 atom stereocenters. The highest BCUT2D eigenvalue weighted by atomic mass is 16.6. The number of fused-ring (bicyclic) bond motifs is 1. The van der Waals surface area contributed by atoms with E-state index in [4.69, 9.17) is 9.47 Å². The summed E-state index contributed by atoms with van der Waals surface area (Å²) in [6.07, 6.45) is 1.60. The summed E-state index contributed by atoms with van der Waals surface area (Å²) in [5.74, 6) is -0.724. The maximum atomic E-state index is 13.3. The van der Waals surface area contributed by atoms with E-state index >= 15 is 0 Å². The number of para-hydroxylation sites is 2. The first kappa shape index (κ1) is 31.7. The largest absolute Gasteiger partial charge is 0.496 e. The Balaban J connectivity index is 1.19. The second-order valence-electron chi connectivity index (χ2n) is 11.1. The van der Waals surface area contributed by atoms with Gasteiger partial charge in [-0.15, -0.1) is 0 Å². The Morgan fingerprint density at radius 2 is 1.46 bits per heavy atom. The minimum Gasteiger partial charge on any atom is -0.496 e. The van der Waals surface area contributed by atoms with E-state index in [9.17, 15) is 14.4 Å². The third-order valence-corrected chi connectivity index (χ3v) is 8.07. The number of carbonyl (C=O) groups is 3. The lowest BCUT2D eigenvalue weighted by molar-refractivity contribution is -0.117. The zero-order valence-electron chi connectivity index (χ0n) is 26.6. The molecule has 0 bridgehead atoms. The third kappa shape index (κ3) is 6.95. The van der Waals surface area contributed by atoms with Crippen molar-refractivity contribution in [3.63, 3.8) is 0 Å². The van der Waals surface area contributed by atoms with Gasteiger partial charge in [0.05, 0.1) is 48.2 Å². The molecule has 0 fully saturated rings. The molecule has 0 aliphatic heterocycles. The normalized spacial score (nSPS) is 11.5. The molecule has 48 heavy (non-hydrogen) atoms. The van der Waals surface area contributed by atoms with Crippen molar-refractivity contribution in [3.05, 3.63) is 150 Å². The van der Waals surface area contributed by atoms with Crippen LogP contribution in [-0.4, -0.2) is 34.9 Å². The first-order chi connectivity index (χ1) is 23.4. The average Bonchev–Trinajstić information content (AvgIpc) is 3.51. The molecule has 6 aromatic rings. The summed E-state index contributed by atoms with van der Waals surface area (Å²) in [5.41, 5.74) is 4.48. The van der Waals surface area contributed by atoms with Gasteiger partial charge in [-0.1, -0.05) is 79.7 Å². The summed E-state index contributed by atoms with van der Waals surface area (Å²) in [4.78, 5) is 41.1. The van der Waals surface area contributed by atoms with Crippen molar-refractivity contribution in [1.82, 2.24) is 9.78 Å². The van der Waals surface area contributed by atoms with Gasteiger partial charge in [0.25, 0.3) is 0 Å². The van der Waals surface area contributed by atoms with E-state index in [-0.39, 0.29) is 17.4 Å². The van der Waals surface area contributed by atoms with Crippen LogP contribution in [0, 0.1) is 0 Å². The number of ether oxygens (including phenoxy) is 2. The van der Waals surface area contributed by atoms with Crippen molar-refractivity contribution in [2.75, 3.05) is 17.3 Å². The molecular weight excluding hydrogens is 604 g/mol. The predicted octanol–water partition coefficient (Wildman–Crippen LogP) is 8.34. The van der Waals surface area contributed by atoms with Gasteiger partial charge in [0.1, 0.15) is 5.75 Å². The number of amides is 2. The lowest BCUT2D eigenvalue weighted by atomic mass is 9.95. The monoisotopic (exact) mass is 638 g/mol. The summed E-state index contributed by atoms with van der Waals surface area (Å²) in [6, 6.07) is 38.2. The topological polar surface area (TPSA) is 103 Å². The standard InChI is InChI=1S/C39H34N4O5/c1-3-34(27-13-7-4-8-14-27)37(44)41-31-22-21-29-25-40-42(35(29)24-31)26-30-20-19-28(23-36(30)47-2)38(45)48-39(46)43(32-15-9-5-10-16-32)33-17-11-6-12-18-33/h4-25,34H,3,26H2,1-2H3,(H,41,44). The highest BCUT2D eigenvalue weighted by Gasteiger charge is 2.24. The minimum absolute atomic E-state index is 0.0765. The van der Waals surface area contributed by atoms with E-state index in [1.165, 1.54) is 12.0 Å². The lowest BCUT2D eigenvalue weighted by Gasteiger charge is -2.21. The fourth-order valence-electron chi connectivity index (χ4n) is 5.62. The molecule has 1 heterocycles. The number of nitrogens with one attached hydrogen (secondary N) is 1. The Kier molecular flexibility index (Phi) is 9.57. The average molecular weight is 639 g/mol. The van der Waals surface area contributed by atoms with E-state index in [2.05, 4.69) is 10.4 Å². The second-order valence-corrected chi connectivity index (χ2v) is 11.1. The maximum absolute atomic E-state index is 13.3. The number of aromatic nitrogens is 2. The van der Waals surface area contributed by atoms with Crippen LogP contribution in [0.5, 0.6) is 5.75 Å². The van der Waals surface area contributed by atoms with Gasteiger partial charge in [-0.25, -0.2) is 14.5 Å². The molecule has 240 valence electrons. The van der Waals surface area contributed by atoms with Crippen molar-refractivity contribution in [2.45, 2.75) is 25.8 Å². The molecule has 1 unspecified atom stereocenters. The van der Waals surface area contributed by atoms with Crippen LogP contribution in [0.2, 0.25) is 0 Å². The van der Waals surface area contributed by atoms with Gasteiger partial charge in [-0.3, -0.25) is 9.48 Å². The highest BCUT2D eigenvalue weighted by molar-refractivity contribution is 6.05. The fourth-order valence-corrected chi connectivity index (χ4v) is 5.62. The van der Waals surface area contributed by atoms with Crippen molar-refractivity contribution in [3.8, 4) is 5.75 Å². The molecule has 0 aliphatic carbocycles. The van der Waals surface area contributed by atoms with Crippen LogP contribution in [-0.2, 0) is 16.1 Å². The van der Waals surface area contributed by atoms with Gasteiger partial charge in [-0.05, 0) is 66.6 Å². The van der Waals surface area contributed by atoms with Crippen LogP contribution >= 0.6 is 0 Å². The number of benzene rings is 5. The summed E-state index contributed by atoms with van der Waals surface area (Å²) in [5, 5.41) is 8.53. The molecular formula is C39H34N4O5. The second kappa shape index (κ2) is 14.5. The SMILES string of the molecule is CCC(C(=O)Nc1ccc2cnn(Cc3ccc(C(=O)OC(=O)N(c4ccccc4)c4ccccc4)cc3OC)c2c1)c1ccccc1. The molecule has 0 saturated heterocycles. The molecule has 1 N–H and O–H groups in total. The highest BCUT2D eigenvalue weighted by Crippen LogP contribution is 2.29. The van der Waals surface area contributed by atoms with E-state index in [1.54, 1.807) is 77.6 Å². The van der Waals surface area contributed by atoms with E-state index in [0.717, 1.165) is 22.0 Å². The fraction of sp³-hybridized carbons (Fsp3) is 0.128. The Bertz CT molecular complexity index is 2010. The van der Waals surface area contributed by atoms with E-state index in [0.29, 0.717) is 35.8 Å². The molecule has 5 aromatic carbocycles. The van der Waals surface area contributed by atoms with Crippen molar-refractivity contribution in [2.24, 2.45) is 0 Å². The number of hydrogen-bond donors (Lipinski definition) is 1. The number of rotatable bonds is 10. The van der Waals surface area contributed by atoms with Gasteiger partial charge in [0.15, 0.2) is 0 Å². The van der Waals surface area contributed by atoms with Crippen LogP contribution in [0.15, 0.2) is 134 Å². The first-order valence-corrected chi connectivity index (χ1v) is 15.6. The molecule has 0 aliphatic rings. The number of esters is 1. The van der Waals surface area contributed by atoms with Crippen molar-refractivity contribution in [1.29, 1.82) is 0 Å². The van der Waals surface area contributed by atoms with Crippen LogP contribution in [0.25, 0.3) is 10.9 Å². The van der Waals surface area contributed by atoms with Gasteiger partial charge < -0.3 is 14.8 Å². The number of anilines is 3. The molecule has 0 spiro atoms. The maximum Gasteiger partial charge on any atom is 0.426 e. The Morgan fingerprint density at radius 1 is 0.812 bits per heavy atom. The van der Waals surface area contributed by atoms with E-state index in [1.807, 2.05) is 67.6 Å². The zero-order chi connectivity index (χ0) is 33.5. The minimum atomic E-state index is -0.833. The summed E-state index contributed by atoms with van der Waals surface area (Å²) in [6.45, 7) is 2.32. The number of methoxy groups -OCH3 is 1. The van der Waals surface area contributed by atoms with Crippen LogP contribution in [0.4, 0.5) is 21.9 Å². The van der Waals surface area contributed by atoms with Gasteiger partial charge in [0.2, 0.25) is 5.91 Å². The molecule has 6 rings (SSSR count). The first-order valence-electron chi connectivity index (χ1n) is 15.6.